The Labute approximate surface area is 330 Å². The normalized spacial score (nSPS) is 14.7. The first kappa shape index (κ1) is 52.2. The Balaban J connectivity index is 4.24. The van der Waals surface area contributed by atoms with Gasteiger partial charge in [-0.05, 0) is 70.6 Å². The van der Waals surface area contributed by atoms with E-state index in [0.717, 1.165) is 57.8 Å². The summed E-state index contributed by atoms with van der Waals surface area (Å²) in [5.74, 6) is -0.405. The third kappa shape index (κ3) is 39.8. The Kier molecular flexibility index (Phi) is 39.4. The minimum Gasteiger partial charge on any atom is -0.457 e. The molecule has 0 spiro atoms. The predicted molar refractivity (Wildman–Crippen MR) is 223 cm³/mol. The molecule has 0 saturated carbocycles. The van der Waals surface area contributed by atoms with Gasteiger partial charge in [-0.25, -0.2) is 4.57 Å². The van der Waals surface area contributed by atoms with Crippen molar-refractivity contribution in [2.75, 3.05) is 33.0 Å². The molecule has 0 aliphatic carbocycles. The zero-order valence-corrected chi connectivity index (χ0v) is 35.1. The molecule has 0 aromatic carbocycles. The van der Waals surface area contributed by atoms with E-state index < -0.39 is 45.8 Å². The molecule has 0 heterocycles. The van der Waals surface area contributed by atoms with E-state index in [4.69, 9.17) is 23.6 Å². The van der Waals surface area contributed by atoms with Gasteiger partial charge in [0.05, 0.1) is 26.4 Å². The topological polar surface area (TPSA) is 132 Å². The highest BCUT2D eigenvalue weighted by atomic mass is 31.2. The Morgan fingerprint density at radius 3 is 1.61 bits per heavy atom. The van der Waals surface area contributed by atoms with E-state index in [9.17, 15) is 19.4 Å². The zero-order chi connectivity index (χ0) is 39.6. The third-order valence-corrected chi connectivity index (χ3v) is 9.64. The molecular weight excluding hydrogens is 703 g/mol. The van der Waals surface area contributed by atoms with Crippen LogP contribution in [-0.4, -0.2) is 66.3 Å². The average Bonchev–Trinajstić information content (AvgIpc) is 3.16. The molecule has 0 aliphatic heterocycles. The highest BCUT2D eigenvalue weighted by molar-refractivity contribution is 7.47. The molecule has 0 aliphatic rings. The number of aliphatic hydroxyl groups excluding tert-OH is 2. The second-order valence-electron chi connectivity index (χ2n) is 14.0. The van der Waals surface area contributed by atoms with Crippen molar-refractivity contribution in [1.82, 2.24) is 0 Å². The van der Waals surface area contributed by atoms with Crippen LogP contribution in [-0.2, 0) is 27.9 Å². The minimum atomic E-state index is -4.53. The van der Waals surface area contributed by atoms with Gasteiger partial charge in [0.15, 0.2) is 0 Å². The first-order chi connectivity index (χ1) is 26.3. The van der Waals surface area contributed by atoms with Crippen LogP contribution in [0.25, 0.3) is 0 Å². The van der Waals surface area contributed by atoms with Gasteiger partial charge in [0.25, 0.3) is 0 Å². The SMILES string of the molecule is CC/C=C\C/C=C\C/C=C\C/C=C\CCCOCC(COP(=O)(O)OCC(O)CO)OC(=O)CCCCCCCCCCC/C=C\CCCCCCCC. The van der Waals surface area contributed by atoms with Gasteiger partial charge in [-0.3, -0.25) is 13.8 Å². The molecule has 0 bridgehead atoms. The number of ether oxygens (including phenoxy) is 2. The van der Waals surface area contributed by atoms with E-state index in [2.05, 4.69) is 74.6 Å². The number of hydrogen-bond acceptors (Lipinski definition) is 8. The highest BCUT2D eigenvalue weighted by Crippen LogP contribution is 2.43. The number of carbonyl (C=O) groups excluding carboxylic acids is 1. The number of phosphoric acid groups is 1. The zero-order valence-electron chi connectivity index (χ0n) is 34.2. The van der Waals surface area contributed by atoms with E-state index in [0.29, 0.717) is 13.0 Å². The highest BCUT2D eigenvalue weighted by Gasteiger charge is 2.26. The van der Waals surface area contributed by atoms with Gasteiger partial charge in [0, 0.05) is 13.0 Å². The van der Waals surface area contributed by atoms with Gasteiger partial charge < -0.3 is 24.6 Å². The third-order valence-electron chi connectivity index (χ3n) is 8.69. The molecule has 0 aromatic rings. The summed E-state index contributed by atoms with van der Waals surface area (Å²) in [4.78, 5) is 22.6. The van der Waals surface area contributed by atoms with Crippen LogP contribution in [0.1, 0.15) is 168 Å². The van der Waals surface area contributed by atoms with Crippen LogP contribution < -0.4 is 0 Å². The molecule has 0 rings (SSSR count). The number of allylic oxidation sites excluding steroid dienone is 10. The van der Waals surface area contributed by atoms with E-state index in [-0.39, 0.29) is 13.0 Å². The molecule has 0 saturated heterocycles. The summed E-state index contributed by atoms with van der Waals surface area (Å²) in [6, 6.07) is 0. The number of hydrogen-bond donors (Lipinski definition) is 3. The van der Waals surface area contributed by atoms with Crippen LogP contribution in [0.5, 0.6) is 0 Å². The summed E-state index contributed by atoms with van der Waals surface area (Å²) in [5.41, 5.74) is 0. The Hall–Kier alpha value is -1.84. The van der Waals surface area contributed by atoms with Crippen molar-refractivity contribution in [1.29, 1.82) is 0 Å². The van der Waals surface area contributed by atoms with E-state index in [1.807, 2.05) is 0 Å². The van der Waals surface area contributed by atoms with Crippen LogP contribution in [0.15, 0.2) is 60.8 Å². The van der Waals surface area contributed by atoms with Crippen molar-refractivity contribution in [3.8, 4) is 0 Å². The van der Waals surface area contributed by atoms with Crippen LogP contribution in [0.4, 0.5) is 0 Å². The largest absolute Gasteiger partial charge is 0.472 e. The number of rotatable bonds is 40. The van der Waals surface area contributed by atoms with Crippen molar-refractivity contribution in [2.24, 2.45) is 0 Å². The molecule has 3 unspecified atom stereocenters. The molecule has 10 heteroatoms. The van der Waals surface area contributed by atoms with Crippen molar-refractivity contribution in [3.63, 3.8) is 0 Å². The molecule has 314 valence electrons. The first-order valence-corrected chi connectivity index (χ1v) is 22.8. The monoisotopic (exact) mass is 783 g/mol. The molecule has 54 heavy (non-hydrogen) atoms. The number of phosphoric ester groups is 1. The van der Waals surface area contributed by atoms with Gasteiger partial charge in [0.2, 0.25) is 0 Å². The quantitative estimate of drug-likeness (QED) is 0.0240. The lowest BCUT2D eigenvalue weighted by Crippen LogP contribution is -2.29. The lowest BCUT2D eigenvalue weighted by Gasteiger charge is -2.20. The molecule has 0 aromatic heterocycles. The fraction of sp³-hybridized carbons (Fsp3) is 0.750. The van der Waals surface area contributed by atoms with Crippen molar-refractivity contribution in [2.45, 2.75) is 180 Å². The summed E-state index contributed by atoms with van der Waals surface area (Å²) in [6.45, 7) is 3.24. The molecule has 3 atom stereocenters. The lowest BCUT2D eigenvalue weighted by molar-refractivity contribution is -0.154. The van der Waals surface area contributed by atoms with Gasteiger partial charge >= 0.3 is 13.8 Å². The number of unbranched alkanes of at least 4 members (excludes halogenated alkanes) is 16. The van der Waals surface area contributed by atoms with Gasteiger partial charge in [0.1, 0.15) is 12.2 Å². The lowest BCUT2D eigenvalue weighted by atomic mass is 10.1. The summed E-state index contributed by atoms with van der Waals surface area (Å²) in [7, 11) is -4.53. The van der Waals surface area contributed by atoms with Crippen LogP contribution in [0.2, 0.25) is 0 Å². The second-order valence-corrected chi connectivity index (χ2v) is 15.4. The summed E-state index contributed by atoms with van der Waals surface area (Å²) in [5, 5.41) is 18.3. The van der Waals surface area contributed by atoms with Crippen molar-refractivity contribution < 1.29 is 43.0 Å². The van der Waals surface area contributed by atoms with Crippen LogP contribution in [0, 0.1) is 0 Å². The Morgan fingerprint density at radius 2 is 1.06 bits per heavy atom. The molecule has 9 nitrogen and oxygen atoms in total. The number of esters is 1. The van der Waals surface area contributed by atoms with Crippen molar-refractivity contribution in [3.05, 3.63) is 60.8 Å². The number of aliphatic hydroxyl groups is 2. The Morgan fingerprint density at radius 1 is 0.593 bits per heavy atom. The van der Waals surface area contributed by atoms with Crippen LogP contribution >= 0.6 is 7.82 Å². The average molecular weight is 783 g/mol. The second kappa shape index (κ2) is 40.8. The van der Waals surface area contributed by atoms with E-state index in [1.54, 1.807) is 0 Å². The smallest absolute Gasteiger partial charge is 0.457 e. The minimum absolute atomic E-state index is 0.00862. The van der Waals surface area contributed by atoms with E-state index >= 15 is 0 Å². The summed E-state index contributed by atoms with van der Waals surface area (Å²) < 4.78 is 33.2. The maximum absolute atomic E-state index is 12.6. The molecule has 0 fully saturated rings. The maximum Gasteiger partial charge on any atom is 0.472 e. The van der Waals surface area contributed by atoms with Gasteiger partial charge in [-0.2, -0.15) is 0 Å². The fourth-order valence-electron chi connectivity index (χ4n) is 5.47. The molecule has 0 amide bonds. The number of carbonyl (C=O) groups is 1. The fourth-order valence-corrected chi connectivity index (χ4v) is 6.26. The van der Waals surface area contributed by atoms with E-state index in [1.165, 1.54) is 83.5 Å². The van der Waals surface area contributed by atoms with Crippen LogP contribution in [0.3, 0.4) is 0 Å². The molecule has 0 radical (unpaired) electrons. The van der Waals surface area contributed by atoms with Gasteiger partial charge in [-0.15, -0.1) is 0 Å². The van der Waals surface area contributed by atoms with Crippen molar-refractivity contribution >= 4 is 13.8 Å². The Bertz CT molecular complexity index is 1020. The standard InChI is InChI=1S/C44H79O9P/c1-3-5-7-9-11-13-15-17-19-20-21-22-23-24-26-28-30-32-34-36-44(47)53-43(41-52-54(48,49)51-39-42(46)38-45)40-50-37-35-33-31-29-27-25-18-16-14-12-10-8-6-4-2/h6,8,12,14,17-19,25,29,31,42-43,45-46H,3-5,7,9-11,13,15-16,20-24,26-28,30,32-41H2,1-2H3,(H,48,49)/b8-6-,14-12-,19-17-,25-18-,31-29-. The summed E-state index contributed by atoms with van der Waals surface area (Å²) >= 11 is 0. The maximum atomic E-state index is 12.6. The first-order valence-electron chi connectivity index (χ1n) is 21.3. The molecule has 3 N–H and O–H groups in total. The predicted octanol–water partition coefficient (Wildman–Crippen LogP) is 11.6. The summed E-state index contributed by atoms with van der Waals surface area (Å²) in [6.07, 6.45) is 46.2. The molecular formula is C44H79O9P. The van der Waals surface area contributed by atoms with Gasteiger partial charge in [-0.1, -0.05) is 152 Å².